The Morgan fingerprint density at radius 3 is 2.77 bits per heavy atom. The van der Waals surface area contributed by atoms with Crippen molar-refractivity contribution in [1.82, 2.24) is 34.7 Å². The fourth-order valence-electron chi connectivity index (χ4n) is 3.46. The number of pyridine rings is 1. The summed E-state index contributed by atoms with van der Waals surface area (Å²) in [5.41, 5.74) is 2.62. The molecule has 0 fully saturated rings. The summed E-state index contributed by atoms with van der Waals surface area (Å²) in [7, 11) is 1.77. The number of fused-ring (bicyclic) bond motifs is 2. The number of halogens is 1. The Balaban J connectivity index is 1.73. The highest BCUT2D eigenvalue weighted by Crippen LogP contribution is 2.32. The van der Waals surface area contributed by atoms with Crippen molar-refractivity contribution in [3.05, 3.63) is 64.9 Å². The molecule has 3 N–H and O–H groups in total. The van der Waals surface area contributed by atoms with Crippen molar-refractivity contribution in [1.29, 1.82) is 0 Å². The van der Waals surface area contributed by atoms with Gasteiger partial charge < -0.3 is 15.3 Å². The Hall–Kier alpha value is -4.08. The van der Waals surface area contributed by atoms with Crippen LogP contribution in [0.2, 0.25) is 0 Å². The molecule has 5 rings (SSSR count). The van der Waals surface area contributed by atoms with E-state index >= 15 is 0 Å². The monoisotopic (exact) mass is 404 g/mol. The zero-order valence-corrected chi connectivity index (χ0v) is 16.1. The Bertz CT molecular complexity index is 1440. The fourth-order valence-corrected chi connectivity index (χ4v) is 3.46. The predicted octanol–water partition coefficient (Wildman–Crippen LogP) is 2.91. The maximum atomic E-state index is 13.6. The van der Waals surface area contributed by atoms with E-state index in [2.05, 4.69) is 35.3 Å². The van der Waals surface area contributed by atoms with E-state index in [4.69, 9.17) is 0 Å². The van der Waals surface area contributed by atoms with Gasteiger partial charge in [-0.1, -0.05) is 0 Å². The van der Waals surface area contributed by atoms with Gasteiger partial charge in [0.05, 0.1) is 28.3 Å². The van der Waals surface area contributed by atoms with Gasteiger partial charge in [-0.15, -0.1) is 0 Å². The van der Waals surface area contributed by atoms with Crippen molar-refractivity contribution in [3.8, 4) is 11.4 Å². The molecule has 0 amide bonds. The van der Waals surface area contributed by atoms with E-state index in [9.17, 15) is 9.18 Å². The first-order valence-corrected chi connectivity index (χ1v) is 9.28. The van der Waals surface area contributed by atoms with Crippen molar-refractivity contribution in [2.24, 2.45) is 7.05 Å². The normalized spacial score (nSPS) is 12.5. The zero-order valence-electron chi connectivity index (χ0n) is 16.1. The number of anilines is 1. The lowest BCUT2D eigenvalue weighted by Crippen LogP contribution is -2.17. The molecule has 0 radical (unpaired) electrons. The van der Waals surface area contributed by atoms with Gasteiger partial charge in [-0.2, -0.15) is 5.10 Å². The van der Waals surface area contributed by atoms with E-state index in [-0.39, 0.29) is 23.0 Å². The molecule has 30 heavy (non-hydrogen) atoms. The number of rotatable bonds is 4. The third kappa shape index (κ3) is 2.98. The first kappa shape index (κ1) is 18.0. The number of nitrogens with zero attached hydrogens (tertiary/aromatic N) is 5. The smallest absolute Gasteiger partial charge is 0.261 e. The standard InChI is InChI=1S/C20H17FN8O/c1-10(18-22-6-3-7-23-18)24-17-15(20(30)27-14-9-29(2)28-16(14)17)19-25-12-5-4-11(21)8-13(12)26-19/h3-10,24H,1-2H3,(H,25,26)(H,27,30). The summed E-state index contributed by atoms with van der Waals surface area (Å²) in [6.45, 7) is 1.89. The molecule has 4 aromatic heterocycles. The van der Waals surface area contributed by atoms with Crippen LogP contribution in [-0.4, -0.2) is 34.7 Å². The molecule has 9 nitrogen and oxygen atoms in total. The zero-order chi connectivity index (χ0) is 20.8. The van der Waals surface area contributed by atoms with Gasteiger partial charge in [0.15, 0.2) is 0 Å². The molecule has 150 valence electrons. The lowest BCUT2D eigenvalue weighted by molar-refractivity contribution is 0.629. The van der Waals surface area contributed by atoms with Crippen LogP contribution >= 0.6 is 0 Å². The number of aromatic amines is 2. The average Bonchev–Trinajstić information content (AvgIpc) is 3.30. The summed E-state index contributed by atoms with van der Waals surface area (Å²) in [6, 6.07) is 5.66. The van der Waals surface area contributed by atoms with E-state index in [0.717, 1.165) is 0 Å². The third-order valence-corrected chi connectivity index (χ3v) is 4.81. The highest BCUT2D eigenvalue weighted by molar-refractivity contribution is 5.96. The van der Waals surface area contributed by atoms with Gasteiger partial charge in [-0.3, -0.25) is 9.48 Å². The molecule has 1 aromatic carbocycles. The maximum absolute atomic E-state index is 13.6. The first-order valence-electron chi connectivity index (χ1n) is 9.28. The fraction of sp³-hybridized carbons (Fsp3) is 0.150. The molecule has 0 spiro atoms. The minimum absolute atomic E-state index is 0.278. The number of hydrogen-bond acceptors (Lipinski definition) is 6. The molecule has 10 heteroatoms. The minimum Gasteiger partial charge on any atom is -0.373 e. The SMILES string of the molecule is CC(Nc1c(-c2nc3ccc(F)cc3[nH]2)c(=O)[nH]c2cn(C)nc12)c1ncccn1. The number of imidazole rings is 1. The van der Waals surface area contributed by atoms with Gasteiger partial charge in [0.1, 0.15) is 28.5 Å². The molecule has 5 aromatic rings. The Morgan fingerprint density at radius 2 is 1.97 bits per heavy atom. The second-order valence-corrected chi connectivity index (χ2v) is 6.99. The van der Waals surface area contributed by atoms with Gasteiger partial charge in [0.2, 0.25) is 0 Å². The minimum atomic E-state index is -0.389. The topological polar surface area (TPSA) is 117 Å². The van der Waals surface area contributed by atoms with E-state index in [1.165, 1.54) is 12.1 Å². The van der Waals surface area contributed by atoms with E-state index in [0.29, 0.717) is 39.4 Å². The molecule has 0 saturated carbocycles. The van der Waals surface area contributed by atoms with Crippen molar-refractivity contribution < 1.29 is 4.39 Å². The van der Waals surface area contributed by atoms with Crippen LogP contribution in [0.3, 0.4) is 0 Å². The summed E-state index contributed by atoms with van der Waals surface area (Å²) in [5, 5.41) is 7.82. The predicted molar refractivity (Wildman–Crippen MR) is 110 cm³/mol. The number of nitrogens with one attached hydrogen (secondary N) is 3. The van der Waals surface area contributed by atoms with Crippen LogP contribution in [0, 0.1) is 5.82 Å². The van der Waals surface area contributed by atoms with Crippen molar-refractivity contribution >= 4 is 27.8 Å². The molecule has 0 aliphatic rings. The van der Waals surface area contributed by atoms with Gasteiger partial charge in [-0.25, -0.2) is 19.3 Å². The van der Waals surface area contributed by atoms with E-state index in [1.54, 1.807) is 42.5 Å². The molecule has 0 aliphatic heterocycles. The highest BCUT2D eigenvalue weighted by atomic mass is 19.1. The molecular weight excluding hydrogens is 387 g/mol. The van der Waals surface area contributed by atoms with Gasteiger partial charge in [0.25, 0.3) is 5.56 Å². The number of aryl methyl sites for hydroxylation is 1. The third-order valence-electron chi connectivity index (χ3n) is 4.81. The molecule has 4 heterocycles. The highest BCUT2D eigenvalue weighted by Gasteiger charge is 2.22. The second kappa shape index (κ2) is 6.76. The Morgan fingerprint density at radius 1 is 1.17 bits per heavy atom. The summed E-state index contributed by atoms with van der Waals surface area (Å²) in [4.78, 5) is 32.0. The molecular formula is C20H17FN8O. The largest absolute Gasteiger partial charge is 0.373 e. The van der Waals surface area contributed by atoms with Gasteiger partial charge >= 0.3 is 0 Å². The number of H-pyrrole nitrogens is 2. The second-order valence-electron chi connectivity index (χ2n) is 6.99. The van der Waals surface area contributed by atoms with Crippen LogP contribution in [-0.2, 0) is 7.05 Å². The average molecular weight is 404 g/mol. The Kier molecular flexibility index (Phi) is 4.05. The van der Waals surface area contributed by atoms with Crippen LogP contribution in [0.5, 0.6) is 0 Å². The summed E-state index contributed by atoms with van der Waals surface area (Å²) < 4.78 is 15.2. The summed E-state index contributed by atoms with van der Waals surface area (Å²) >= 11 is 0. The molecule has 0 bridgehead atoms. The van der Waals surface area contributed by atoms with Crippen molar-refractivity contribution in [2.45, 2.75) is 13.0 Å². The van der Waals surface area contributed by atoms with E-state index in [1.807, 2.05) is 6.92 Å². The first-order chi connectivity index (χ1) is 14.5. The number of hydrogen-bond donors (Lipinski definition) is 3. The van der Waals surface area contributed by atoms with Crippen LogP contribution in [0.4, 0.5) is 10.1 Å². The molecule has 1 atom stereocenters. The van der Waals surface area contributed by atoms with Crippen LogP contribution in [0.25, 0.3) is 33.5 Å². The number of aromatic nitrogens is 7. The quantitative estimate of drug-likeness (QED) is 0.424. The number of benzene rings is 1. The van der Waals surface area contributed by atoms with Crippen molar-refractivity contribution in [3.63, 3.8) is 0 Å². The van der Waals surface area contributed by atoms with Gasteiger partial charge in [-0.05, 0) is 31.2 Å². The van der Waals surface area contributed by atoms with Crippen molar-refractivity contribution in [2.75, 3.05) is 5.32 Å². The molecule has 1 unspecified atom stereocenters. The van der Waals surface area contributed by atoms with Crippen LogP contribution < -0.4 is 10.9 Å². The Labute approximate surface area is 169 Å². The lowest BCUT2D eigenvalue weighted by atomic mass is 10.1. The van der Waals surface area contributed by atoms with E-state index < -0.39 is 0 Å². The lowest BCUT2D eigenvalue weighted by Gasteiger charge is -2.16. The van der Waals surface area contributed by atoms with Crippen LogP contribution in [0.1, 0.15) is 18.8 Å². The summed E-state index contributed by atoms with van der Waals surface area (Å²) in [5.74, 6) is 0.493. The molecule has 0 saturated heterocycles. The van der Waals surface area contributed by atoms with Crippen LogP contribution in [0.15, 0.2) is 47.7 Å². The molecule has 0 aliphatic carbocycles. The van der Waals surface area contributed by atoms with Gasteiger partial charge in [0, 0.05) is 25.6 Å². The summed E-state index contributed by atoms with van der Waals surface area (Å²) in [6.07, 6.45) is 5.04. The maximum Gasteiger partial charge on any atom is 0.261 e.